The van der Waals surface area contributed by atoms with E-state index in [9.17, 15) is 0 Å². The Morgan fingerprint density at radius 1 is 0.292 bits per heavy atom. The second-order valence-corrected chi connectivity index (χ2v) is 19.0. The van der Waals surface area contributed by atoms with Crippen molar-refractivity contribution in [2.24, 2.45) is 0 Å². The van der Waals surface area contributed by atoms with Crippen molar-refractivity contribution < 1.29 is 0 Å². The molecule has 0 saturated carbocycles. The molecular formula is C60H35N3S2. The first kappa shape index (κ1) is 36.5. The summed E-state index contributed by atoms with van der Waals surface area (Å²) in [5.41, 5.74) is 14.6. The van der Waals surface area contributed by atoms with Crippen LogP contribution >= 0.6 is 22.7 Å². The van der Waals surface area contributed by atoms with Crippen molar-refractivity contribution in [3.8, 4) is 50.5 Å². The minimum Gasteiger partial charge on any atom is -0.309 e. The molecule has 0 atom stereocenters. The van der Waals surface area contributed by atoms with Crippen molar-refractivity contribution in [3.63, 3.8) is 0 Å². The van der Waals surface area contributed by atoms with Crippen molar-refractivity contribution in [2.75, 3.05) is 0 Å². The third-order valence-electron chi connectivity index (χ3n) is 13.2. The average molecular weight is 862 g/mol. The quantitative estimate of drug-likeness (QED) is 0.173. The normalized spacial score (nSPS) is 12.0. The first-order valence-corrected chi connectivity index (χ1v) is 23.6. The monoisotopic (exact) mass is 861 g/mol. The molecule has 0 unspecified atom stereocenters. The van der Waals surface area contributed by atoms with Gasteiger partial charge < -0.3 is 4.57 Å². The highest BCUT2D eigenvalue weighted by atomic mass is 32.1. The molecular weight excluding hydrogens is 827 g/mol. The zero-order valence-corrected chi connectivity index (χ0v) is 36.5. The molecule has 0 amide bonds. The Labute approximate surface area is 381 Å². The minimum absolute atomic E-state index is 1.01. The molecule has 0 spiro atoms. The van der Waals surface area contributed by atoms with Gasteiger partial charge >= 0.3 is 0 Å². The molecule has 0 saturated heterocycles. The number of hydrogen-bond donors (Lipinski definition) is 0. The summed E-state index contributed by atoms with van der Waals surface area (Å²) in [6.45, 7) is 0. The molecule has 5 heterocycles. The van der Waals surface area contributed by atoms with E-state index in [1.165, 1.54) is 84.4 Å². The van der Waals surface area contributed by atoms with E-state index >= 15 is 0 Å². The Balaban J connectivity index is 0.978. The van der Waals surface area contributed by atoms with Crippen LogP contribution in [0.2, 0.25) is 0 Å². The largest absolute Gasteiger partial charge is 0.309 e. The summed E-state index contributed by atoms with van der Waals surface area (Å²) >= 11 is 3.67. The van der Waals surface area contributed by atoms with Gasteiger partial charge in [-0.1, -0.05) is 152 Å². The fraction of sp³-hybridized carbons (Fsp3) is 0. The molecule has 0 bridgehead atoms. The maximum atomic E-state index is 5.43. The lowest BCUT2D eigenvalue weighted by atomic mass is 9.95. The number of aromatic nitrogens is 3. The highest BCUT2D eigenvalue weighted by Gasteiger charge is 2.20. The number of thiophene rings is 2. The Morgan fingerprint density at radius 2 is 0.677 bits per heavy atom. The van der Waals surface area contributed by atoms with Crippen molar-refractivity contribution >= 4 is 107 Å². The van der Waals surface area contributed by atoms with E-state index in [1.807, 2.05) is 22.7 Å². The molecule has 0 aliphatic carbocycles. The fourth-order valence-corrected chi connectivity index (χ4v) is 12.5. The number of hydrogen-bond acceptors (Lipinski definition) is 4. The molecule has 14 rings (SSSR count). The van der Waals surface area contributed by atoms with Crippen LogP contribution in [0.25, 0.3) is 134 Å². The molecule has 0 fully saturated rings. The van der Waals surface area contributed by atoms with E-state index in [-0.39, 0.29) is 0 Å². The van der Waals surface area contributed by atoms with E-state index in [1.54, 1.807) is 0 Å². The Bertz CT molecular complexity index is 3970. The zero-order valence-electron chi connectivity index (χ0n) is 34.9. The summed E-state index contributed by atoms with van der Waals surface area (Å²) in [6, 6.07) is 77.2. The molecule has 0 aliphatic heterocycles. The smallest absolute Gasteiger partial charge is 0.0902 e. The maximum absolute atomic E-state index is 5.43. The first-order valence-electron chi connectivity index (χ1n) is 22.0. The van der Waals surface area contributed by atoms with E-state index in [0.717, 1.165) is 50.0 Å². The number of para-hydroxylation sites is 1. The van der Waals surface area contributed by atoms with Crippen LogP contribution in [0.4, 0.5) is 0 Å². The molecule has 65 heavy (non-hydrogen) atoms. The van der Waals surface area contributed by atoms with Gasteiger partial charge in [0.25, 0.3) is 0 Å². The average Bonchev–Trinajstić information content (AvgIpc) is 4.05. The van der Waals surface area contributed by atoms with Gasteiger partial charge in [0, 0.05) is 69.3 Å². The van der Waals surface area contributed by atoms with Crippen LogP contribution in [0, 0.1) is 0 Å². The summed E-state index contributed by atoms with van der Waals surface area (Å²) < 4.78 is 7.39. The fourth-order valence-electron chi connectivity index (χ4n) is 10.1. The highest BCUT2D eigenvalue weighted by Crippen LogP contribution is 2.45. The molecule has 0 radical (unpaired) electrons. The van der Waals surface area contributed by atoms with Gasteiger partial charge in [-0.2, -0.15) is 0 Å². The first-order chi connectivity index (χ1) is 32.2. The lowest BCUT2D eigenvalue weighted by Gasteiger charge is -2.11. The van der Waals surface area contributed by atoms with Crippen LogP contribution in [-0.2, 0) is 0 Å². The number of nitrogens with zero attached hydrogens (tertiary/aromatic N) is 3. The van der Waals surface area contributed by atoms with E-state index in [4.69, 9.17) is 9.97 Å². The summed E-state index contributed by atoms with van der Waals surface area (Å²) in [4.78, 5) is 10.9. The minimum atomic E-state index is 1.01. The second kappa shape index (κ2) is 14.3. The van der Waals surface area contributed by atoms with Crippen LogP contribution < -0.4 is 0 Å². The zero-order chi connectivity index (χ0) is 42.6. The van der Waals surface area contributed by atoms with E-state index in [0.29, 0.717) is 0 Å². The predicted octanol–water partition coefficient (Wildman–Crippen LogP) is 17.3. The van der Waals surface area contributed by atoms with Gasteiger partial charge in [-0.15, -0.1) is 22.7 Å². The predicted molar refractivity (Wildman–Crippen MR) is 279 cm³/mol. The number of rotatable bonds is 5. The molecule has 3 nitrogen and oxygen atoms in total. The van der Waals surface area contributed by atoms with Crippen LogP contribution in [0.3, 0.4) is 0 Å². The number of benzene rings is 9. The third-order valence-corrected chi connectivity index (χ3v) is 15.6. The van der Waals surface area contributed by atoms with Crippen molar-refractivity contribution in [2.45, 2.75) is 0 Å². The molecule has 0 aliphatic rings. The Hall–Kier alpha value is -7.96. The van der Waals surface area contributed by atoms with Crippen LogP contribution in [0.1, 0.15) is 0 Å². The summed E-state index contributed by atoms with van der Waals surface area (Å²) in [6.07, 6.45) is 0. The van der Waals surface area contributed by atoms with E-state index < -0.39 is 0 Å². The van der Waals surface area contributed by atoms with Crippen LogP contribution in [0.5, 0.6) is 0 Å². The SMILES string of the molecule is c1ccc(-c2nc3c4ccccc4sc3c3ccc(-c4ccc5c(c4)c4cc(-c6ccc7c(c6)c(-c6ccccc6)nc6c8ccccc8sc76)ccc4n5-c4ccccc4)cc23)cc1. The van der Waals surface area contributed by atoms with Gasteiger partial charge in [-0.25, -0.2) is 9.97 Å². The van der Waals surface area contributed by atoms with Gasteiger partial charge in [-0.3, -0.25) is 0 Å². The van der Waals surface area contributed by atoms with Gasteiger partial charge in [0.15, 0.2) is 0 Å². The lowest BCUT2D eigenvalue weighted by Crippen LogP contribution is -1.93. The summed E-state index contributed by atoms with van der Waals surface area (Å²) in [5.74, 6) is 0. The lowest BCUT2D eigenvalue weighted by molar-refractivity contribution is 1.18. The van der Waals surface area contributed by atoms with Gasteiger partial charge in [-0.05, 0) is 82.9 Å². The molecule has 5 heteroatoms. The van der Waals surface area contributed by atoms with E-state index in [2.05, 4.69) is 217 Å². The summed E-state index contributed by atoms with van der Waals surface area (Å²) in [5, 5.41) is 9.64. The van der Waals surface area contributed by atoms with Crippen molar-refractivity contribution in [1.82, 2.24) is 14.5 Å². The molecule has 302 valence electrons. The topological polar surface area (TPSA) is 30.7 Å². The summed E-state index contributed by atoms with van der Waals surface area (Å²) in [7, 11) is 0. The third kappa shape index (κ3) is 5.66. The molecule has 9 aromatic carbocycles. The second-order valence-electron chi connectivity index (χ2n) is 16.9. The number of pyridine rings is 2. The molecule has 5 aromatic heterocycles. The Kier molecular flexibility index (Phi) is 8.02. The standard InChI is InChI=1S/C60H35N3S2/c1-4-14-36(15-5-1)55-49-34-38(24-28-43(49)59-57(61-55)45-20-10-12-22-53(45)64-59)40-26-30-51-47(32-40)48-33-41(27-31-52(48)63(51)42-18-8-3-9-19-42)39-25-29-44-50(35-39)56(37-16-6-2-7-17-37)62-58-46-21-11-13-23-54(46)65-60(44)58/h1-35H. The number of fused-ring (bicyclic) bond motifs is 13. The molecule has 14 aromatic rings. The van der Waals surface area contributed by atoms with Crippen LogP contribution in [0.15, 0.2) is 212 Å². The van der Waals surface area contributed by atoms with Crippen molar-refractivity contribution in [3.05, 3.63) is 212 Å². The van der Waals surface area contributed by atoms with Gasteiger partial charge in [0.1, 0.15) is 0 Å². The van der Waals surface area contributed by atoms with Gasteiger partial charge in [0.05, 0.1) is 42.9 Å². The van der Waals surface area contributed by atoms with Crippen LogP contribution in [-0.4, -0.2) is 14.5 Å². The Morgan fingerprint density at radius 3 is 1.14 bits per heavy atom. The maximum Gasteiger partial charge on any atom is 0.0902 e. The molecule has 0 N–H and O–H groups in total. The highest BCUT2D eigenvalue weighted by molar-refractivity contribution is 7.27. The van der Waals surface area contributed by atoms with Crippen molar-refractivity contribution in [1.29, 1.82) is 0 Å². The van der Waals surface area contributed by atoms with Gasteiger partial charge in [0.2, 0.25) is 0 Å².